The van der Waals surface area contributed by atoms with E-state index in [1.165, 1.54) is 26.6 Å². The Morgan fingerprint density at radius 1 is 1.19 bits per heavy atom. The summed E-state index contributed by atoms with van der Waals surface area (Å²) in [7, 11) is 2.97. The van der Waals surface area contributed by atoms with Crippen LogP contribution in [0.4, 0.5) is 0 Å². The summed E-state index contributed by atoms with van der Waals surface area (Å²) in [6.07, 6.45) is 6.38. The van der Waals surface area contributed by atoms with Crippen molar-refractivity contribution in [2.75, 3.05) is 14.2 Å². The summed E-state index contributed by atoms with van der Waals surface area (Å²) in [4.78, 5) is 12.1. The van der Waals surface area contributed by atoms with Crippen molar-refractivity contribution in [1.29, 1.82) is 5.26 Å². The standard InChI is InChI=1S/C13H10N6O2/c1-20-12-10(6-16-13(17-12)21-2)19-7-9-5-15-4-8(3-14)11(9)18-19/h4-7H,1-2H3. The van der Waals surface area contributed by atoms with Gasteiger partial charge >= 0.3 is 6.01 Å². The maximum absolute atomic E-state index is 9.08. The van der Waals surface area contributed by atoms with Crippen molar-refractivity contribution in [1.82, 2.24) is 24.7 Å². The Balaban J connectivity index is 2.19. The Bertz CT molecular complexity index is 851. The van der Waals surface area contributed by atoms with Crippen LogP contribution in [0.2, 0.25) is 0 Å². The van der Waals surface area contributed by atoms with Crippen LogP contribution in [-0.4, -0.2) is 39.0 Å². The van der Waals surface area contributed by atoms with Crippen LogP contribution in [0.5, 0.6) is 11.9 Å². The van der Waals surface area contributed by atoms with E-state index in [1.54, 1.807) is 17.1 Å². The molecule has 0 radical (unpaired) electrons. The van der Waals surface area contributed by atoms with Crippen molar-refractivity contribution in [3.05, 3.63) is 30.4 Å². The van der Waals surface area contributed by atoms with Crippen molar-refractivity contribution in [3.8, 4) is 23.6 Å². The van der Waals surface area contributed by atoms with Gasteiger partial charge in [0.15, 0.2) is 0 Å². The lowest BCUT2D eigenvalue weighted by Crippen LogP contribution is -2.03. The number of aromatic nitrogens is 5. The second-order valence-electron chi connectivity index (χ2n) is 4.06. The molecule has 21 heavy (non-hydrogen) atoms. The summed E-state index contributed by atoms with van der Waals surface area (Å²) >= 11 is 0. The molecule has 0 atom stereocenters. The molecule has 0 aromatic carbocycles. The van der Waals surface area contributed by atoms with E-state index in [9.17, 15) is 0 Å². The number of fused-ring (bicyclic) bond motifs is 1. The van der Waals surface area contributed by atoms with Crippen molar-refractivity contribution in [2.24, 2.45) is 0 Å². The molecule has 0 amide bonds. The second-order valence-corrected chi connectivity index (χ2v) is 4.06. The summed E-state index contributed by atoms with van der Waals surface area (Å²) in [6, 6.07) is 2.26. The van der Waals surface area contributed by atoms with E-state index >= 15 is 0 Å². The van der Waals surface area contributed by atoms with Gasteiger partial charge in [-0.05, 0) is 0 Å². The molecule has 3 aromatic heterocycles. The third kappa shape index (κ3) is 2.10. The quantitative estimate of drug-likeness (QED) is 0.709. The molecule has 3 aromatic rings. The average molecular weight is 282 g/mol. The molecule has 0 aliphatic rings. The predicted octanol–water partition coefficient (Wildman–Crippen LogP) is 1.10. The maximum atomic E-state index is 9.08. The number of pyridine rings is 1. The van der Waals surface area contributed by atoms with Gasteiger partial charge in [-0.2, -0.15) is 15.3 Å². The van der Waals surface area contributed by atoms with Crippen LogP contribution in [-0.2, 0) is 0 Å². The van der Waals surface area contributed by atoms with Crippen molar-refractivity contribution in [3.63, 3.8) is 0 Å². The predicted molar refractivity (Wildman–Crippen MR) is 72.3 cm³/mol. The summed E-state index contributed by atoms with van der Waals surface area (Å²) in [6.45, 7) is 0. The van der Waals surface area contributed by atoms with E-state index in [2.05, 4.69) is 26.1 Å². The molecule has 104 valence electrons. The van der Waals surface area contributed by atoms with Gasteiger partial charge in [-0.1, -0.05) is 0 Å². The second kappa shape index (κ2) is 5.05. The van der Waals surface area contributed by atoms with Gasteiger partial charge in [0.25, 0.3) is 0 Å². The first-order valence-corrected chi connectivity index (χ1v) is 5.95. The van der Waals surface area contributed by atoms with Crippen LogP contribution in [0.15, 0.2) is 24.8 Å². The van der Waals surface area contributed by atoms with E-state index < -0.39 is 0 Å². The Morgan fingerprint density at radius 2 is 2.05 bits per heavy atom. The Labute approximate surface area is 119 Å². The van der Waals surface area contributed by atoms with E-state index in [4.69, 9.17) is 14.7 Å². The molecule has 0 unspecified atom stereocenters. The molecule has 0 fully saturated rings. The van der Waals surface area contributed by atoms with Crippen LogP contribution < -0.4 is 9.47 Å². The number of hydrogen-bond acceptors (Lipinski definition) is 7. The zero-order valence-electron chi connectivity index (χ0n) is 11.3. The van der Waals surface area contributed by atoms with Crippen LogP contribution in [0.3, 0.4) is 0 Å². The molecule has 0 aliphatic heterocycles. The van der Waals surface area contributed by atoms with Gasteiger partial charge in [0.2, 0.25) is 5.88 Å². The van der Waals surface area contributed by atoms with E-state index in [1.807, 2.05) is 0 Å². The normalized spacial score (nSPS) is 10.3. The molecule has 0 saturated heterocycles. The summed E-state index contributed by atoms with van der Waals surface area (Å²) < 4.78 is 11.7. The van der Waals surface area contributed by atoms with Gasteiger partial charge in [-0.25, -0.2) is 9.67 Å². The Kier molecular flexibility index (Phi) is 3.08. The third-order valence-corrected chi connectivity index (χ3v) is 2.87. The first kappa shape index (κ1) is 12.8. The minimum absolute atomic E-state index is 0.201. The third-order valence-electron chi connectivity index (χ3n) is 2.87. The zero-order chi connectivity index (χ0) is 14.8. The van der Waals surface area contributed by atoms with E-state index in [0.29, 0.717) is 22.6 Å². The first-order valence-electron chi connectivity index (χ1n) is 5.95. The molecule has 8 nitrogen and oxygen atoms in total. The van der Waals surface area contributed by atoms with Gasteiger partial charge in [0, 0.05) is 24.0 Å². The first-order chi connectivity index (χ1) is 10.3. The number of methoxy groups -OCH3 is 2. The minimum Gasteiger partial charge on any atom is -0.479 e. The van der Waals surface area contributed by atoms with Crippen LogP contribution in [0, 0.1) is 11.3 Å². The van der Waals surface area contributed by atoms with Gasteiger partial charge < -0.3 is 9.47 Å². The summed E-state index contributed by atoms with van der Waals surface area (Å²) in [5, 5.41) is 14.2. The fraction of sp³-hybridized carbons (Fsp3) is 0.154. The van der Waals surface area contributed by atoms with Gasteiger partial charge in [-0.15, -0.1) is 0 Å². The molecular weight excluding hydrogens is 272 g/mol. The van der Waals surface area contributed by atoms with E-state index in [0.717, 1.165) is 5.39 Å². The topological polar surface area (TPSA) is 98.7 Å². The summed E-state index contributed by atoms with van der Waals surface area (Å²) in [5.41, 5.74) is 1.50. The van der Waals surface area contributed by atoms with Gasteiger partial charge in [0.1, 0.15) is 17.3 Å². The molecule has 0 aliphatic carbocycles. The highest BCUT2D eigenvalue weighted by Gasteiger charge is 2.13. The number of hydrogen-bond donors (Lipinski definition) is 0. The lowest BCUT2D eigenvalue weighted by atomic mass is 10.2. The molecular formula is C13H10N6O2. The zero-order valence-corrected chi connectivity index (χ0v) is 11.3. The highest BCUT2D eigenvalue weighted by molar-refractivity contribution is 5.83. The molecule has 0 spiro atoms. The van der Waals surface area contributed by atoms with Crippen LogP contribution in [0.25, 0.3) is 16.6 Å². The fourth-order valence-electron chi connectivity index (χ4n) is 1.90. The SMILES string of the molecule is COc1ncc(-n2cc3cncc(C#N)c3n2)c(OC)n1. The van der Waals surface area contributed by atoms with Crippen LogP contribution in [0.1, 0.15) is 5.56 Å². The fourth-order valence-corrected chi connectivity index (χ4v) is 1.90. The number of nitriles is 1. The average Bonchev–Trinajstić information content (AvgIpc) is 2.97. The summed E-state index contributed by atoms with van der Waals surface area (Å²) in [5.74, 6) is 0.320. The van der Waals surface area contributed by atoms with Crippen molar-refractivity contribution in [2.45, 2.75) is 0 Å². The molecule has 0 saturated carbocycles. The number of ether oxygens (including phenoxy) is 2. The number of rotatable bonds is 3. The van der Waals surface area contributed by atoms with Crippen molar-refractivity contribution < 1.29 is 9.47 Å². The molecule has 0 bridgehead atoms. The minimum atomic E-state index is 0.201. The Hall–Kier alpha value is -3.21. The molecule has 3 rings (SSSR count). The van der Waals surface area contributed by atoms with Crippen molar-refractivity contribution >= 4 is 10.9 Å². The number of nitrogens with zero attached hydrogens (tertiary/aromatic N) is 6. The largest absolute Gasteiger partial charge is 0.479 e. The molecule has 3 heterocycles. The highest BCUT2D eigenvalue weighted by Crippen LogP contribution is 2.24. The lowest BCUT2D eigenvalue weighted by molar-refractivity contribution is 0.350. The smallest absolute Gasteiger partial charge is 0.319 e. The maximum Gasteiger partial charge on any atom is 0.319 e. The monoisotopic (exact) mass is 282 g/mol. The van der Waals surface area contributed by atoms with Crippen LogP contribution >= 0.6 is 0 Å². The molecule has 0 N–H and O–H groups in total. The van der Waals surface area contributed by atoms with E-state index in [-0.39, 0.29) is 6.01 Å². The highest BCUT2D eigenvalue weighted by atomic mass is 16.5. The molecule has 8 heteroatoms. The Morgan fingerprint density at radius 3 is 2.76 bits per heavy atom. The van der Waals surface area contributed by atoms with Gasteiger partial charge in [-0.3, -0.25) is 4.98 Å². The van der Waals surface area contributed by atoms with Gasteiger partial charge in [0.05, 0.1) is 26.0 Å². The lowest BCUT2D eigenvalue weighted by Gasteiger charge is -2.07.